The number of nitrogens with one attached hydrogen (secondary N) is 2. The minimum atomic E-state index is 0.609. The van der Waals surface area contributed by atoms with Crippen LogP contribution in [0.2, 0.25) is 0 Å². The maximum atomic E-state index is 4.22. The number of piperidine rings is 1. The van der Waals surface area contributed by atoms with Gasteiger partial charge in [0.15, 0.2) is 0 Å². The van der Waals surface area contributed by atoms with Crippen LogP contribution in [0.25, 0.3) is 0 Å². The second kappa shape index (κ2) is 5.89. The lowest BCUT2D eigenvalue weighted by Gasteiger charge is -2.24. The number of benzene rings is 1. The van der Waals surface area contributed by atoms with Gasteiger partial charge in [-0.25, -0.2) is 0 Å². The lowest BCUT2D eigenvalue weighted by Crippen LogP contribution is -2.35. The largest absolute Gasteiger partial charge is 0.382 e. The predicted octanol–water partition coefficient (Wildman–Crippen LogP) is 2.10. The van der Waals surface area contributed by atoms with E-state index in [9.17, 15) is 0 Å². The summed E-state index contributed by atoms with van der Waals surface area (Å²) in [6.45, 7) is 3.07. The summed E-state index contributed by atoms with van der Waals surface area (Å²) in [6, 6.07) is 11.2. The van der Waals surface area contributed by atoms with Gasteiger partial charge in [-0.15, -0.1) is 0 Å². The van der Waals surface area contributed by atoms with E-state index in [4.69, 9.17) is 0 Å². The van der Waals surface area contributed by atoms with Crippen LogP contribution in [0.5, 0.6) is 0 Å². The van der Waals surface area contributed by atoms with Crippen LogP contribution in [0, 0.1) is 0 Å². The van der Waals surface area contributed by atoms with Gasteiger partial charge in [0.25, 0.3) is 0 Å². The summed E-state index contributed by atoms with van der Waals surface area (Å²) in [4.78, 5) is 0. The van der Waals surface area contributed by atoms with Gasteiger partial charge in [0.2, 0.25) is 0 Å². The Morgan fingerprint density at radius 2 is 2.00 bits per heavy atom. The number of nitrogens with zero attached hydrogens (tertiary/aromatic N) is 2. The van der Waals surface area contributed by atoms with Gasteiger partial charge in [-0.2, -0.15) is 5.10 Å². The molecule has 0 unspecified atom stereocenters. The summed E-state index contributed by atoms with van der Waals surface area (Å²) < 4.78 is 1.94. The highest BCUT2D eigenvalue weighted by Gasteiger charge is 2.12. The minimum Gasteiger partial charge on any atom is -0.382 e. The van der Waals surface area contributed by atoms with Crippen LogP contribution in [0.1, 0.15) is 18.4 Å². The van der Waals surface area contributed by atoms with Gasteiger partial charge in [-0.05, 0) is 49.7 Å². The zero-order chi connectivity index (χ0) is 12.9. The van der Waals surface area contributed by atoms with E-state index < -0.39 is 0 Å². The Bertz CT molecular complexity index is 483. The van der Waals surface area contributed by atoms with Crippen molar-refractivity contribution in [2.45, 2.75) is 25.4 Å². The van der Waals surface area contributed by atoms with Crippen LogP contribution in [-0.2, 0) is 6.54 Å². The number of rotatable bonds is 4. The Balaban J connectivity index is 1.58. The quantitative estimate of drug-likeness (QED) is 0.880. The molecular weight excluding hydrogens is 236 g/mol. The SMILES string of the molecule is c1cnn(Cc2ccc(NC3CCNCC3)cc2)c1. The average Bonchev–Trinajstić information content (AvgIpc) is 2.95. The van der Waals surface area contributed by atoms with E-state index in [0.29, 0.717) is 6.04 Å². The summed E-state index contributed by atoms with van der Waals surface area (Å²) in [5.74, 6) is 0. The molecule has 1 aliphatic rings. The monoisotopic (exact) mass is 256 g/mol. The Labute approximate surface area is 113 Å². The van der Waals surface area contributed by atoms with Crippen molar-refractivity contribution < 1.29 is 0 Å². The van der Waals surface area contributed by atoms with E-state index in [1.165, 1.54) is 24.1 Å². The smallest absolute Gasteiger partial charge is 0.0659 e. The number of anilines is 1. The third kappa shape index (κ3) is 3.35. The first kappa shape index (κ1) is 12.2. The lowest BCUT2D eigenvalue weighted by molar-refractivity contribution is 0.479. The normalized spacial score (nSPS) is 16.4. The lowest BCUT2D eigenvalue weighted by atomic mass is 10.1. The summed E-state index contributed by atoms with van der Waals surface area (Å²) >= 11 is 0. The first-order chi connectivity index (χ1) is 9.40. The van der Waals surface area contributed by atoms with E-state index >= 15 is 0 Å². The van der Waals surface area contributed by atoms with Crippen molar-refractivity contribution in [3.8, 4) is 0 Å². The molecule has 2 aromatic rings. The Morgan fingerprint density at radius 3 is 2.68 bits per heavy atom. The molecule has 0 aliphatic carbocycles. The molecule has 0 radical (unpaired) electrons. The summed E-state index contributed by atoms with van der Waals surface area (Å²) in [5, 5.41) is 11.2. The van der Waals surface area contributed by atoms with Crippen LogP contribution in [0.15, 0.2) is 42.7 Å². The van der Waals surface area contributed by atoms with Crippen LogP contribution in [0.4, 0.5) is 5.69 Å². The molecule has 1 aliphatic heterocycles. The zero-order valence-electron chi connectivity index (χ0n) is 11.0. The fourth-order valence-electron chi connectivity index (χ4n) is 2.49. The fraction of sp³-hybridized carbons (Fsp3) is 0.400. The second-order valence-corrected chi connectivity index (χ2v) is 5.07. The first-order valence-electron chi connectivity index (χ1n) is 6.94. The molecule has 2 N–H and O–H groups in total. The van der Waals surface area contributed by atoms with Crippen LogP contribution in [0.3, 0.4) is 0 Å². The summed E-state index contributed by atoms with van der Waals surface area (Å²) in [5.41, 5.74) is 2.50. The van der Waals surface area contributed by atoms with Crippen molar-refractivity contribution in [1.29, 1.82) is 0 Å². The third-order valence-corrected chi connectivity index (χ3v) is 3.57. The van der Waals surface area contributed by atoms with Gasteiger partial charge < -0.3 is 10.6 Å². The average molecular weight is 256 g/mol. The van der Waals surface area contributed by atoms with E-state index in [1.54, 1.807) is 0 Å². The number of aromatic nitrogens is 2. The van der Waals surface area contributed by atoms with Gasteiger partial charge in [0.05, 0.1) is 6.54 Å². The molecule has 19 heavy (non-hydrogen) atoms. The highest BCUT2D eigenvalue weighted by atomic mass is 15.3. The van der Waals surface area contributed by atoms with Crippen molar-refractivity contribution in [3.63, 3.8) is 0 Å². The van der Waals surface area contributed by atoms with Crippen molar-refractivity contribution in [2.75, 3.05) is 18.4 Å². The number of hydrogen-bond donors (Lipinski definition) is 2. The molecule has 0 bridgehead atoms. The highest BCUT2D eigenvalue weighted by Crippen LogP contribution is 2.15. The molecule has 2 heterocycles. The fourth-order valence-corrected chi connectivity index (χ4v) is 2.49. The molecular formula is C15H20N4. The Morgan fingerprint density at radius 1 is 1.21 bits per heavy atom. The first-order valence-corrected chi connectivity index (χ1v) is 6.94. The molecule has 1 fully saturated rings. The van der Waals surface area contributed by atoms with E-state index in [0.717, 1.165) is 19.6 Å². The highest BCUT2D eigenvalue weighted by molar-refractivity contribution is 5.45. The van der Waals surface area contributed by atoms with E-state index in [-0.39, 0.29) is 0 Å². The molecule has 0 atom stereocenters. The van der Waals surface area contributed by atoms with Crippen molar-refractivity contribution >= 4 is 5.69 Å². The molecule has 1 saturated heterocycles. The Kier molecular flexibility index (Phi) is 3.79. The maximum Gasteiger partial charge on any atom is 0.0659 e. The van der Waals surface area contributed by atoms with Gasteiger partial charge in [-0.3, -0.25) is 4.68 Å². The maximum absolute atomic E-state index is 4.22. The summed E-state index contributed by atoms with van der Waals surface area (Å²) in [7, 11) is 0. The predicted molar refractivity (Wildman–Crippen MR) is 77.3 cm³/mol. The molecule has 100 valence electrons. The molecule has 4 heteroatoms. The van der Waals surface area contributed by atoms with Crippen molar-refractivity contribution in [2.24, 2.45) is 0 Å². The van der Waals surface area contributed by atoms with E-state index in [1.807, 2.05) is 23.1 Å². The van der Waals surface area contributed by atoms with Crippen LogP contribution >= 0.6 is 0 Å². The van der Waals surface area contributed by atoms with Crippen LogP contribution in [-0.4, -0.2) is 28.9 Å². The van der Waals surface area contributed by atoms with Gasteiger partial charge >= 0.3 is 0 Å². The molecule has 0 amide bonds. The van der Waals surface area contributed by atoms with E-state index in [2.05, 4.69) is 40.0 Å². The van der Waals surface area contributed by atoms with Crippen LogP contribution < -0.4 is 10.6 Å². The summed E-state index contributed by atoms with van der Waals surface area (Å²) in [6.07, 6.45) is 6.21. The molecule has 0 spiro atoms. The van der Waals surface area contributed by atoms with Crippen molar-refractivity contribution in [3.05, 3.63) is 48.3 Å². The zero-order valence-corrected chi connectivity index (χ0v) is 11.0. The minimum absolute atomic E-state index is 0.609. The standard InChI is InChI=1S/C15H20N4/c1-8-17-19(11-1)12-13-2-4-14(5-3-13)18-15-6-9-16-10-7-15/h1-5,8,11,15-16,18H,6-7,9-10,12H2. The molecule has 0 saturated carbocycles. The van der Waals surface area contributed by atoms with Gasteiger partial charge in [-0.1, -0.05) is 12.1 Å². The molecule has 4 nitrogen and oxygen atoms in total. The molecule has 1 aromatic heterocycles. The second-order valence-electron chi connectivity index (χ2n) is 5.07. The molecule has 3 rings (SSSR count). The van der Waals surface area contributed by atoms with Gasteiger partial charge in [0.1, 0.15) is 0 Å². The Hall–Kier alpha value is -1.81. The van der Waals surface area contributed by atoms with Gasteiger partial charge in [0, 0.05) is 24.1 Å². The topological polar surface area (TPSA) is 41.9 Å². The third-order valence-electron chi connectivity index (χ3n) is 3.57. The number of hydrogen-bond acceptors (Lipinski definition) is 3. The molecule has 1 aromatic carbocycles. The van der Waals surface area contributed by atoms with Crippen molar-refractivity contribution in [1.82, 2.24) is 15.1 Å².